The van der Waals surface area contributed by atoms with E-state index in [0.29, 0.717) is 0 Å². The third-order valence-corrected chi connectivity index (χ3v) is 5.67. The summed E-state index contributed by atoms with van der Waals surface area (Å²) >= 11 is 1.60. The molecule has 0 aliphatic carbocycles. The summed E-state index contributed by atoms with van der Waals surface area (Å²) in [6.07, 6.45) is 3.36. The fourth-order valence-electron chi connectivity index (χ4n) is 3.18. The van der Waals surface area contributed by atoms with Gasteiger partial charge < -0.3 is 10.6 Å². The van der Waals surface area contributed by atoms with E-state index in [4.69, 9.17) is 0 Å². The Morgan fingerprint density at radius 3 is 2.92 bits per heavy atom. The monoisotopic (exact) mass is 352 g/mol. The number of carbonyl (C=O) groups is 1. The van der Waals surface area contributed by atoms with Crippen molar-refractivity contribution in [1.82, 2.24) is 15.3 Å². The van der Waals surface area contributed by atoms with Crippen molar-refractivity contribution < 1.29 is 4.79 Å². The maximum Gasteiger partial charge on any atom is 0.242 e. The highest BCUT2D eigenvalue weighted by molar-refractivity contribution is 7.17. The van der Waals surface area contributed by atoms with Crippen LogP contribution in [0, 0.1) is 13.8 Å². The molecule has 2 aromatic heterocycles. The van der Waals surface area contributed by atoms with Gasteiger partial charge in [0.05, 0.1) is 5.39 Å². The highest BCUT2D eigenvalue weighted by Crippen LogP contribution is 2.37. The van der Waals surface area contributed by atoms with Crippen molar-refractivity contribution in [1.29, 1.82) is 0 Å². The van der Waals surface area contributed by atoms with Gasteiger partial charge in [0, 0.05) is 17.5 Å². The molecule has 0 unspecified atom stereocenters. The van der Waals surface area contributed by atoms with E-state index in [0.717, 1.165) is 46.5 Å². The summed E-state index contributed by atoms with van der Waals surface area (Å²) in [6, 6.07) is 6.23. The topological polar surface area (TPSA) is 66.9 Å². The molecule has 1 aromatic carbocycles. The molecule has 5 nitrogen and oxygen atoms in total. The van der Waals surface area contributed by atoms with E-state index < -0.39 is 0 Å². The Labute approximate surface area is 150 Å². The summed E-state index contributed by atoms with van der Waals surface area (Å²) in [5.74, 6) is 0.780. The lowest BCUT2D eigenvalue weighted by Gasteiger charge is -2.23. The number of amides is 1. The molecular formula is C19H20N4OS. The van der Waals surface area contributed by atoms with Gasteiger partial charge in [0.15, 0.2) is 0 Å². The highest BCUT2D eigenvalue weighted by Gasteiger charge is 2.24. The van der Waals surface area contributed by atoms with Crippen LogP contribution in [0.15, 0.2) is 29.9 Å². The smallest absolute Gasteiger partial charge is 0.242 e. The highest BCUT2D eigenvalue weighted by atomic mass is 32.1. The van der Waals surface area contributed by atoms with Crippen LogP contribution in [0.2, 0.25) is 0 Å². The minimum Gasteiger partial charge on any atom is -0.358 e. The molecule has 2 N–H and O–H groups in total. The SMILES string of the molecule is Cc1ccc(-c2csc3ncnc(N[C@H]4CCCNC4=O)c23)cc1C. The first-order chi connectivity index (χ1) is 12.1. The van der Waals surface area contributed by atoms with E-state index in [1.54, 1.807) is 17.7 Å². The number of aryl methyl sites for hydroxylation is 2. The van der Waals surface area contributed by atoms with Gasteiger partial charge in [0.1, 0.15) is 23.0 Å². The molecule has 0 spiro atoms. The van der Waals surface area contributed by atoms with Crippen LogP contribution in [0.4, 0.5) is 5.82 Å². The van der Waals surface area contributed by atoms with Crippen LogP contribution in [0.1, 0.15) is 24.0 Å². The average Bonchev–Trinajstić information content (AvgIpc) is 3.04. The number of hydrogen-bond donors (Lipinski definition) is 2. The van der Waals surface area contributed by atoms with Crippen molar-refractivity contribution in [3.63, 3.8) is 0 Å². The van der Waals surface area contributed by atoms with E-state index in [2.05, 4.69) is 58.0 Å². The van der Waals surface area contributed by atoms with Crippen LogP contribution < -0.4 is 10.6 Å². The molecule has 0 bridgehead atoms. The lowest BCUT2D eigenvalue weighted by molar-refractivity contribution is -0.123. The molecule has 25 heavy (non-hydrogen) atoms. The van der Waals surface area contributed by atoms with Gasteiger partial charge in [-0.15, -0.1) is 11.3 Å². The maximum atomic E-state index is 12.1. The molecule has 1 aliphatic rings. The summed E-state index contributed by atoms with van der Waals surface area (Å²) in [6.45, 7) is 4.99. The molecule has 3 aromatic rings. The fraction of sp³-hybridized carbons (Fsp3) is 0.316. The number of fused-ring (bicyclic) bond motifs is 1. The third kappa shape index (κ3) is 2.98. The molecule has 128 valence electrons. The number of benzene rings is 1. The zero-order chi connectivity index (χ0) is 17.4. The Bertz CT molecular complexity index is 950. The first kappa shape index (κ1) is 16.0. The Balaban J connectivity index is 1.78. The summed E-state index contributed by atoms with van der Waals surface area (Å²) < 4.78 is 0. The normalized spacial score (nSPS) is 17.5. The van der Waals surface area contributed by atoms with Gasteiger partial charge in [-0.1, -0.05) is 18.2 Å². The van der Waals surface area contributed by atoms with Gasteiger partial charge in [-0.05, 0) is 43.4 Å². The summed E-state index contributed by atoms with van der Waals surface area (Å²) in [5.41, 5.74) is 4.80. The van der Waals surface area contributed by atoms with Crippen LogP contribution in [0.5, 0.6) is 0 Å². The predicted octanol–water partition coefficient (Wildman–Crippen LogP) is 3.67. The minimum absolute atomic E-state index is 0.0426. The molecule has 1 aliphatic heterocycles. The fourth-order valence-corrected chi connectivity index (χ4v) is 4.10. The largest absolute Gasteiger partial charge is 0.358 e. The van der Waals surface area contributed by atoms with Crippen molar-refractivity contribution in [2.75, 3.05) is 11.9 Å². The van der Waals surface area contributed by atoms with Gasteiger partial charge in [-0.3, -0.25) is 4.79 Å². The first-order valence-electron chi connectivity index (χ1n) is 8.47. The van der Waals surface area contributed by atoms with Gasteiger partial charge >= 0.3 is 0 Å². The van der Waals surface area contributed by atoms with E-state index in [1.807, 2.05) is 0 Å². The van der Waals surface area contributed by atoms with Gasteiger partial charge in [-0.2, -0.15) is 0 Å². The number of aromatic nitrogens is 2. The zero-order valence-corrected chi connectivity index (χ0v) is 15.1. The van der Waals surface area contributed by atoms with Gasteiger partial charge in [0.25, 0.3) is 0 Å². The second kappa shape index (κ2) is 6.44. The number of hydrogen-bond acceptors (Lipinski definition) is 5. The van der Waals surface area contributed by atoms with E-state index in [-0.39, 0.29) is 11.9 Å². The Morgan fingerprint density at radius 2 is 2.12 bits per heavy atom. The molecule has 1 amide bonds. The maximum absolute atomic E-state index is 12.1. The summed E-state index contributed by atoms with van der Waals surface area (Å²) in [5, 5.41) is 9.37. The molecule has 6 heteroatoms. The van der Waals surface area contributed by atoms with Crippen molar-refractivity contribution in [2.24, 2.45) is 0 Å². The third-order valence-electron chi connectivity index (χ3n) is 4.78. The van der Waals surface area contributed by atoms with Crippen LogP contribution in [0.3, 0.4) is 0 Å². The Hall–Kier alpha value is -2.47. The molecule has 1 saturated heterocycles. The van der Waals surface area contributed by atoms with Gasteiger partial charge in [0.2, 0.25) is 5.91 Å². The molecule has 3 heterocycles. The quantitative estimate of drug-likeness (QED) is 0.755. The average molecular weight is 352 g/mol. The molecule has 1 atom stereocenters. The molecule has 0 radical (unpaired) electrons. The molecular weight excluding hydrogens is 332 g/mol. The second-order valence-corrected chi connectivity index (χ2v) is 7.34. The van der Waals surface area contributed by atoms with Crippen LogP contribution >= 0.6 is 11.3 Å². The van der Waals surface area contributed by atoms with Crippen LogP contribution in [0.25, 0.3) is 21.3 Å². The number of rotatable bonds is 3. The molecule has 1 fully saturated rings. The van der Waals surface area contributed by atoms with Crippen LogP contribution in [-0.4, -0.2) is 28.5 Å². The number of thiophene rings is 1. The second-order valence-electron chi connectivity index (χ2n) is 6.48. The standard InChI is InChI=1S/C19H20N4OS/c1-11-5-6-13(8-12(11)2)14-9-25-19-16(14)17(21-10-22-19)23-15-4-3-7-20-18(15)24/h5-6,8-10,15H,3-4,7H2,1-2H3,(H,20,24)(H,21,22,23)/t15-/m0/s1. The lowest BCUT2D eigenvalue weighted by Crippen LogP contribution is -2.44. The van der Waals surface area contributed by atoms with E-state index in [1.165, 1.54) is 11.1 Å². The number of nitrogens with zero attached hydrogens (tertiary/aromatic N) is 2. The number of piperidine rings is 1. The summed E-state index contributed by atoms with van der Waals surface area (Å²) in [4.78, 5) is 21.9. The summed E-state index contributed by atoms with van der Waals surface area (Å²) in [7, 11) is 0. The number of carbonyl (C=O) groups excluding carboxylic acids is 1. The van der Waals surface area contributed by atoms with E-state index in [9.17, 15) is 4.79 Å². The lowest BCUT2D eigenvalue weighted by atomic mass is 10.0. The molecule has 4 rings (SSSR count). The number of anilines is 1. The van der Waals surface area contributed by atoms with Crippen molar-refractivity contribution in [2.45, 2.75) is 32.7 Å². The Kier molecular flexibility index (Phi) is 4.13. The van der Waals surface area contributed by atoms with Crippen molar-refractivity contribution >= 4 is 33.3 Å². The first-order valence-corrected chi connectivity index (χ1v) is 9.35. The zero-order valence-electron chi connectivity index (χ0n) is 14.3. The van der Waals surface area contributed by atoms with Crippen molar-refractivity contribution in [3.05, 3.63) is 41.0 Å². The van der Waals surface area contributed by atoms with E-state index >= 15 is 0 Å². The Morgan fingerprint density at radius 1 is 1.24 bits per heavy atom. The molecule has 0 saturated carbocycles. The predicted molar refractivity (Wildman–Crippen MR) is 102 cm³/mol. The minimum atomic E-state index is -0.237. The van der Waals surface area contributed by atoms with Gasteiger partial charge in [-0.25, -0.2) is 9.97 Å². The number of nitrogens with one attached hydrogen (secondary N) is 2. The van der Waals surface area contributed by atoms with Crippen molar-refractivity contribution in [3.8, 4) is 11.1 Å². The van der Waals surface area contributed by atoms with Crippen LogP contribution in [-0.2, 0) is 4.79 Å².